The molecule has 4 aromatic rings. The van der Waals surface area contributed by atoms with E-state index in [4.69, 9.17) is 29.7 Å². The number of aromatic amines is 2. The number of Topliss-reactive ketones (excluding diaryl/α,β-unsaturated/α-hetero) is 1. The van der Waals surface area contributed by atoms with Crippen LogP contribution in [0.2, 0.25) is 0 Å². The van der Waals surface area contributed by atoms with Crippen molar-refractivity contribution in [1.29, 1.82) is 0 Å². The van der Waals surface area contributed by atoms with Gasteiger partial charge < -0.3 is 65.5 Å². The molecule has 11 N–H and O–H groups in total. The van der Waals surface area contributed by atoms with Crippen molar-refractivity contribution in [3.63, 3.8) is 0 Å². The minimum absolute atomic E-state index is 0.0570. The first-order valence-electron chi connectivity index (χ1n) is 27.8. The number of fused-ring (bicyclic) bond motifs is 10. The van der Waals surface area contributed by atoms with Crippen LogP contribution in [0, 0.1) is 31.6 Å². The van der Waals surface area contributed by atoms with E-state index < -0.39 is 137 Å². The number of phenolic OH excluding ortho intramolecular Hbond substituents is 2. The number of methoxy groups -OCH3 is 2. The van der Waals surface area contributed by atoms with Crippen molar-refractivity contribution < 1.29 is 68.5 Å². The smallest absolute Gasteiger partial charge is 0.321 e. The van der Waals surface area contributed by atoms with Crippen LogP contribution in [0.25, 0.3) is 24.3 Å². The monoisotopic (exact) mass is 1130 g/mol. The molecule has 4 aliphatic heterocycles. The first-order valence-corrected chi connectivity index (χ1v) is 27.8. The summed E-state index contributed by atoms with van der Waals surface area (Å²) in [5.74, 6) is -7.20. The third kappa shape index (κ3) is 9.03. The van der Waals surface area contributed by atoms with Gasteiger partial charge >= 0.3 is 5.97 Å². The number of ketones is 3. The first-order chi connectivity index (χ1) is 39.6. The number of benzene rings is 2. The molecule has 7 aliphatic rings. The Labute approximate surface area is 477 Å². The molecule has 2 aromatic heterocycles. The highest BCUT2D eigenvalue weighted by atomic mass is 16.7. The average molecular weight is 1130 g/mol. The van der Waals surface area contributed by atoms with Gasteiger partial charge in [-0.15, -0.1) is 0 Å². The van der Waals surface area contributed by atoms with Gasteiger partial charge in [0.05, 0.1) is 79.0 Å². The second-order valence-corrected chi connectivity index (χ2v) is 22.5. The molecule has 0 spiro atoms. The topological polar surface area (TPSA) is 330 Å². The lowest BCUT2D eigenvalue weighted by Gasteiger charge is -2.43. The Balaban J connectivity index is 0.942. The summed E-state index contributed by atoms with van der Waals surface area (Å²) in [5, 5.41) is 68.3. The van der Waals surface area contributed by atoms with Gasteiger partial charge in [0, 0.05) is 105 Å². The number of nitrogens with zero attached hydrogens (tertiary/aromatic N) is 2. The lowest BCUT2D eigenvalue weighted by atomic mass is 9.71. The summed E-state index contributed by atoms with van der Waals surface area (Å²) < 4.78 is 23.1. The predicted octanol–water partition coefficient (Wildman–Crippen LogP) is 3.45. The van der Waals surface area contributed by atoms with Gasteiger partial charge in [0.15, 0.2) is 17.9 Å². The van der Waals surface area contributed by atoms with Crippen molar-refractivity contribution in [3.05, 3.63) is 131 Å². The molecule has 21 heteroatoms. The van der Waals surface area contributed by atoms with Gasteiger partial charge in [-0.2, -0.15) is 5.10 Å². The van der Waals surface area contributed by atoms with E-state index in [9.17, 15) is 49.5 Å². The standard InChI is InChI=1S/C62H67N7O14/c1-10-29-24(3)35-18-37-26(5)31(53(66-37)49-52(61(78)81-9)58(75)46-27(6)38(67-54(46)49)20-40-30(11-2)25(4)36(65-40)19-39(29)64-35)15-16-44(71)69-68-43(23-70)62(79)21-33-48(42(22-62)83-45-17-34(63)55(72)28(7)82-45)60(77)51-50(57(33)74)56(73)32-13-12-14-41(80-8)47(32)59(51)76/h10,12-14,18-20,26,28,31,34,38,42,45,52,55,64-65,67,70,72,74,77,79H,1,11,15-17,21-23,63H2,2-9H3,(H,69,71)/b36-19-,37-18-,40-20-,68-43-/t26-,28-,31+,34-,38?,42+,45+,52?,55+,62+/m1/s1. The van der Waals surface area contributed by atoms with Crippen molar-refractivity contribution in [2.75, 3.05) is 20.8 Å². The molecule has 0 radical (unpaired) electrons. The Bertz CT molecular complexity index is 3830. The molecule has 8 bridgehead atoms. The van der Waals surface area contributed by atoms with Crippen LogP contribution < -0.4 is 31.9 Å². The zero-order valence-electron chi connectivity index (χ0n) is 47.3. The van der Waals surface area contributed by atoms with Gasteiger partial charge in [-0.25, -0.2) is 5.43 Å². The van der Waals surface area contributed by atoms with Gasteiger partial charge in [0.1, 0.15) is 28.8 Å². The predicted molar refractivity (Wildman–Crippen MR) is 305 cm³/mol. The van der Waals surface area contributed by atoms with E-state index in [1.54, 1.807) is 13.0 Å². The van der Waals surface area contributed by atoms with Crippen LogP contribution >= 0.6 is 0 Å². The summed E-state index contributed by atoms with van der Waals surface area (Å²) in [5.41, 5.74) is 13.0. The highest BCUT2D eigenvalue weighted by Gasteiger charge is 2.53. The highest BCUT2D eigenvalue weighted by molar-refractivity contribution is 6.31. The summed E-state index contributed by atoms with van der Waals surface area (Å²) in [6, 6.07) is 3.09. The third-order valence-corrected chi connectivity index (χ3v) is 18.0. The number of amides is 1. The van der Waals surface area contributed by atoms with Gasteiger partial charge in [0.2, 0.25) is 11.7 Å². The summed E-state index contributed by atoms with van der Waals surface area (Å²) in [6.07, 6.45) is 2.78. The number of carbonyl (C=O) groups excluding carboxylic acids is 5. The number of H-pyrrole nitrogens is 2. The fourth-order valence-electron chi connectivity index (χ4n) is 13.4. The third-order valence-electron chi connectivity index (χ3n) is 18.0. The number of aliphatic hydroxyl groups excluding tert-OH is 2. The number of hydrazone groups is 1. The fraction of sp³-hybridized carbons (Fsp3) is 0.403. The van der Waals surface area contributed by atoms with E-state index in [1.807, 2.05) is 26.8 Å². The molecule has 83 heavy (non-hydrogen) atoms. The van der Waals surface area contributed by atoms with E-state index in [0.29, 0.717) is 28.3 Å². The Morgan fingerprint density at radius 1 is 1.01 bits per heavy atom. The van der Waals surface area contributed by atoms with E-state index in [-0.39, 0.29) is 47.3 Å². The Morgan fingerprint density at radius 3 is 2.45 bits per heavy atom. The molecule has 1 amide bonds. The maximum absolute atomic E-state index is 14.7. The number of aliphatic imine (C=N–C) groups is 1. The number of esters is 1. The lowest BCUT2D eigenvalue weighted by molar-refractivity contribution is -0.245. The highest BCUT2D eigenvalue weighted by Crippen LogP contribution is 2.53. The molecule has 2 aromatic carbocycles. The molecule has 6 heterocycles. The van der Waals surface area contributed by atoms with Crippen molar-refractivity contribution in [3.8, 4) is 17.2 Å². The Morgan fingerprint density at radius 2 is 1.76 bits per heavy atom. The molecule has 1 fully saturated rings. The van der Waals surface area contributed by atoms with Crippen LogP contribution in [0.3, 0.4) is 0 Å². The summed E-state index contributed by atoms with van der Waals surface area (Å²) in [4.78, 5) is 83.8. The number of allylic oxidation sites excluding steroid dienone is 2. The van der Waals surface area contributed by atoms with E-state index in [1.165, 1.54) is 32.4 Å². The molecule has 11 rings (SSSR count). The number of ether oxygens (including phenoxy) is 4. The second-order valence-electron chi connectivity index (χ2n) is 22.5. The number of nitrogens with one attached hydrogen (secondary N) is 4. The number of hydrogen-bond donors (Lipinski definition) is 10. The molecule has 3 aliphatic carbocycles. The van der Waals surface area contributed by atoms with Gasteiger partial charge in [-0.1, -0.05) is 38.6 Å². The van der Waals surface area contributed by atoms with Crippen molar-refractivity contribution in [2.24, 2.45) is 33.6 Å². The van der Waals surface area contributed by atoms with Crippen LogP contribution in [0.1, 0.15) is 136 Å². The SMILES string of the molecule is C=Cc1c2[nH]c(c1C)/C=C1\N=C(C3=C4NC(/C=c5\[nH]/c(c(C)c5CC)=C\2)C(C)=C4C(=O)C3C(=O)OC)[C@@H](CCC(=O)N/N=C(/CO)[C@]2(O)Cc3c(O)c4c(c(O)c3[C@@H](O[C@H]3C[C@@H](N)[C@@H](O)[C@@H](C)O3)C2)C(=O)c2c(OC)cccc2C4=O)[C@H]1C. The quantitative estimate of drug-likeness (QED) is 0.0281. The van der Waals surface area contributed by atoms with Crippen molar-refractivity contribution in [2.45, 2.75) is 122 Å². The molecule has 434 valence electrons. The first kappa shape index (κ1) is 56.8. The molecular formula is C62H67N7O14. The van der Waals surface area contributed by atoms with Crippen LogP contribution in [0.15, 0.2) is 63.0 Å². The van der Waals surface area contributed by atoms with Gasteiger partial charge in [-0.05, 0) is 87.1 Å². The summed E-state index contributed by atoms with van der Waals surface area (Å²) >= 11 is 0. The Hall–Kier alpha value is -8.05. The number of aromatic hydroxyl groups is 2. The number of aromatic nitrogens is 2. The molecule has 10 atom stereocenters. The number of aliphatic hydroxyl groups is 3. The van der Waals surface area contributed by atoms with Crippen molar-refractivity contribution >= 4 is 65.0 Å². The van der Waals surface area contributed by atoms with E-state index in [2.05, 4.69) is 58.4 Å². The zero-order valence-corrected chi connectivity index (χ0v) is 47.3. The van der Waals surface area contributed by atoms with Crippen molar-refractivity contribution in [1.82, 2.24) is 20.7 Å². The minimum Gasteiger partial charge on any atom is -0.507 e. The van der Waals surface area contributed by atoms with E-state index in [0.717, 1.165) is 56.3 Å². The average Bonchev–Trinajstić information content (AvgIpc) is 4.41. The number of rotatable bonds is 12. The van der Waals surface area contributed by atoms with Gasteiger partial charge in [0.25, 0.3) is 0 Å². The number of phenols is 2. The maximum Gasteiger partial charge on any atom is 0.321 e. The molecule has 1 saturated heterocycles. The lowest BCUT2D eigenvalue weighted by Crippen LogP contribution is -2.53. The van der Waals surface area contributed by atoms with Crippen LogP contribution in [-0.4, -0.2) is 133 Å². The second kappa shape index (κ2) is 21.3. The van der Waals surface area contributed by atoms with Crippen LogP contribution in [0.4, 0.5) is 0 Å². The van der Waals surface area contributed by atoms with Gasteiger partial charge in [-0.3, -0.25) is 29.0 Å². The minimum atomic E-state index is -2.28. The zero-order chi connectivity index (χ0) is 59.4. The van der Waals surface area contributed by atoms with E-state index >= 15 is 0 Å². The number of nitrogens with two attached hydrogens (primary N) is 1. The summed E-state index contributed by atoms with van der Waals surface area (Å²) in [6.45, 7) is 14.7. The fourth-order valence-corrected chi connectivity index (χ4v) is 13.4. The van der Waals surface area contributed by atoms with Crippen LogP contribution in [0.5, 0.6) is 17.2 Å². The van der Waals surface area contributed by atoms with Crippen LogP contribution in [-0.2, 0) is 41.4 Å². The number of hydrogen-bond acceptors (Lipinski definition) is 18. The Kier molecular flexibility index (Phi) is 14.6. The molecule has 0 saturated carbocycles. The molecule has 21 nitrogen and oxygen atoms in total. The summed E-state index contributed by atoms with van der Waals surface area (Å²) in [7, 11) is 2.54. The molecule has 2 unspecified atom stereocenters. The molecular weight excluding hydrogens is 1070 g/mol. The maximum atomic E-state index is 14.7. The number of carbonyl (C=O) groups is 5. The normalized spacial score (nSPS) is 28.5. The largest absolute Gasteiger partial charge is 0.507 e.